The molecule has 2 fully saturated rings. The van der Waals surface area contributed by atoms with Crippen LogP contribution in [0.15, 0.2) is 48.7 Å². The third-order valence-corrected chi connectivity index (χ3v) is 10.0. The van der Waals surface area contributed by atoms with Gasteiger partial charge >= 0.3 is 5.97 Å². The summed E-state index contributed by atoms with van der Waals surface area (Å²) in [5.41, 5.74) is 5.70. The molecule has 6 rings (SSSR count). The standard InChI is InChI=1S/C36H43FN2O4/c1-21-6-5-7-22(2)39(21)20-28-16-26(12-14-29(28)30-18-34(42-4)38-19-31(30)37)32-15-13-24-8-11-27(17-33(24)43-32)35(25-9-10-25)23(3)36(40)41/h8,11-12,14,16-19,21-23,25,32,35H,5-7,9-10,13,15,20H2,1-4H3,(H,40,41)/t21-,22+,23-,32-,35?/m0/s1. The van der Waals surface area contributed by atoms with Crippen molar-refractivity contribution in [3.05, 3.63) is 76.7 Å². The van der Waals surface area contributed by atoms with Gasteiger partial charge in [-0.15, -0.1) is 0 Å². The van der Waals surface area contributed by atoms with Crippen LogP contribution in [0.25, 0.3) is 11.1 Å². The molecule has 7 heteroatoms. The van der Waals surface area contributed by atoms with E-state index in [1.165, 1.54) is 12.6 Å². The Balaban J connectivity index is 1.34. The van der Waals surface area contributed by atoms with Crippen LogP contribution in [0, 0.1) is 17.7 Å². The predicted molar refractivity (Wildman–Crippen MR) is 165 cm³/mol. The van der Waals surface area contributed by atoms with Crippen LogP contribution >= 0.6 is 0 Å². The summed E-state index contributed by atoms with van der Waals surface area (Å²) < 4.78 is 27.2. The highest BCUT2D eigenvalue weighted by Gasteiger charge is 2.39. The summed E-state index contributed by atoms with van der Waals surface area (Å²) in [5.74, 6) is 0.102. The maximum absolute atomic E-state index is 15.2. The molecule has 1 unspecified atom stereocenters. The number of methoxy groups -OCH3 is 1. The molecule has 3 heterocycles. The van der Waals surface area contributed by atoms with E-state index >= 15 is 4.39 Å². The van der Waals surface area contributed by atoms with Gasteiger partial charge in [0.2, 0.25) is 5.88 Å². The molecule has 5 atom stereocenters. The summed E-state index contributed by atoms with van der Waals surface area (Å²) in [6.07, 6.45) is 8.52. The largest absolute Gasteiger partial charge is 0.485 e. The Morgan fingerprint density at radius 3 is 2.53 bits per heavy atom. The molecule has 1 aliphatic carbocycles. The number of carboxylic acid groups (broad SMARTS) is 1. The number of aromatic nitrogens is 1. The van der Waals surface area contributed by atoms with Gasteiger partial charge in [-0.1, -0.05) is 43.7 Å². The van der Waals surface area contributed by atoms with E-state index in [1.54, 1.807) is 13.2 Å². The van der Waals surface area contributed by atoms with Crippen molar-refractivity contribution in [2.45, 2.75) is 96.4 Å². The minimum absolute atomic E-state index is 0.00145. The van der Waals surface area contributed by atoms with Gasteiger partial charge in [-0.2, -0.15) is 0 Å². The molecular weight excluding hydrogens is 543 g/mol. The number of carboxylic acids is 1. The maximum Gasteiger partial charge on any atom is 0.306 e. The van der Waals surface area contributed by atoms with Crippen molar-refractivity contribution < 1.29 is 23.8 Å². The van der Waals surface area contributed by atoms with E-state index in [-0.39, 0.29) is 17.8 Å². The van der Waals surface area contributed by atoms with E-state index in [0.717, 1.165) is 78.6 Å². The number of carbonyl (C=O) groups is 1. The lowest BCUT2D eigenvalue weighted by atomic mass is 9.82. The number of piperidine rings is 1. The molecule has 43 heavy (non-hydrogen) atoms. The van der Waals surface area contributed by atoms with Gasteiger partial charge in [-0.05, 0) is 98.1 Å². The van der Waals surface area contributed by atoms with Crippen molar-refractivity contribution in [2.75, 3.05) is 7.11 Å². The number of ether oxygens (including phenoxy) is 2. The Bertz CT molecular complexity index is 1480. The number of hydrogen-bond acceptors (Lipinski definition) is 5. The average Bonchev–Trinajstić information content (AvgIpc) is 3.84. The number of likely N-dealkylation sites (tertiary alicyclic amines) is 1. The lowest BCUT2D eigenvalue weighted by molar-refractivity contribution is -0.142. The number of nitrogens with zero attached hydrogens (tertiary/aromatic N) is 2. The second-order valence-electron chi connectivity index (χ2n) is 12.9. The van der Waals surface area contributed by atoms with Crippen LogP contribution in [0.1, 0.15) is 93.6 Å². The van der Waals surface area contributed by atoms with Crippen LogP contribution in [0.4, 0.5) is 4.39 Å². The SMILES string of the molecule is COc1cc(-c2ccc([C@@H]3CCc4ccc(C(C5CC5)[C@H](C)C(=O)O)cc4O3)cc2CN2[C@H](C)CCC[C@@H]2C)c(F)cn1. The van der Waals surface area contributed by atoms with E-state index in [0.29, 0.717) is 29.4 Å². The lowest BCUT2D eigenvalue weighted by Gasteiger charge is -2.39. The Kier molecular flexibility index (Phi) is 8.45. The normalized spacial score (nSPS) is 23.6. The van der Waals surface area contributed by atoms with Gasteiger partial charge in [-0.3, -0.25) is 9.69 Å². The van der Waals surface area contributed by atoms with Crippen LogP contribution in [0.3, 0.4) is 0 Å². The molecule has 3 aromatic rings. The van der Waals surface area contributed by atoms with E-state index in [9.17, 15) is 9.90 Å². The molecule has 6 nitrogen and oxygen atoms in total. The zero-order chi connectivity index (χ0) is 30.2. The van der Waals surface area contributed by atoms with Crippen molar-refractivity contribution in [1.29, 1.82) is 0 Å². The fourth-order valence-corrected chi connectivity index (χ4v) is 7.33. The molecule has 0 radical (unpaired) electrons. The van der Waals surface area contributed by atoms with E-state index in [4.69, 9.17) is 9.47 Å². The Morgan fingerprint density at radius 2 is 1.84 bits per heavy atom. The first-order chi connectivity index (χ1) is 20.7. The molecule has 228 valence electrons. The van der Waals surface area contributed by atoms with E-state index in [1.807, 2.05) is 13.0 Å². The minimum Gasteiger partial charge on any atom is -0.485 e. The highest BCUT2D eigenvalue weighted by molar-refractivity contribution is 5.71. The quantitative estimate of drug-likeness (QED) is 0.274. The van der Waals surface area contributed by atoms with Gasteiger partial charge in [0.05, 0.1) is 19.2 Å². The summed E-state index contributed by atoms with van der Waals surface area (Å²) in [7, 11) is 1.55. The number of rotatable bonds is 9. The molecule has 2 aliphatic heterocycles. The summed E-state index contributed by atoms with van der Waals surface area (Å²) in [4.78, 5) is 18.5. The lowest BCUT2D eigenvalue weighted by Crippen LogP contribution is -2.43. The Morgan fingerprint density at radius 1 is 1.07 bits per heavy atom. The molecule has 2 aromatic carbocycles. The number of aliphatic carboxylic acids is 1. The van der Waals surface area contributed by atoms with Gasteiger partial charge in [0, 0.05) is 30.3 Å². The van der Waals surface area contributed by atoms with Gasteiger partial charge in [0.25, 0.3) is 0 Å². The molecule has 1 N–H and O–H groups in total. The van der Waals surface area contributed by atoms with Crippen LogP contribution in [-0.2, 0) is 17.8 Å². The molecular formula is C36H43FN2O4. The van der Waals surface area contributed by atoms with Gasteiger partial charge in [-0.25, -0.2) is 9.37 Å². The second kappa shape index (κ2) is 12.3. The van der Waals surface area contributed by atoms with Crippen LogP contribution in [0.2, 0.25) is 0 Å². The molecule has 0 spiro atoms. The molecule has 1 aromatic heterocycles. The first kappa shape index (κ1) is 29.6. The number of hydrogen-bond donors (Lipinski definition) is 1. The maximum atomic E-state index is 15.2. The molecule has 0 bridgehead atoms. The Labute approximate surface area is 254 Å². The number of aryl methyl sites for hydroxylation is 1. The summed E-state index contributed by atoms with van der Waals surface area (Å²) in [5, 5.41) is 9.78. The van der Waals surface area contributed by atoms with Crippen molar-refractivity contribution >= 4 is 5.97 Å². The average molecular weight is 587 g/mol. The van der Waals surface area contributed by atoms with Crippen molar-refractivity contribution in [3.63, 3.8) is 0 Å². The predicted octanol–water partition coefficient (Wildman–Crippen LogP) is 7.94. The van der Waals surface area contributed by atoms with Crippen molar-refractivity contribution in [3.8, 4) is 22.8 Å². The highest BCUT2D eigenvalue weighted by atomic mass is 19.1. The topological polar surface area (TPSA) is 71.9 Å². The summed E-state index contributed by atoms with van der Waals surface area (Å²) in [6, 6.07) is 15.2. The number of pyridine rings is 1. The fourth-order valence-electron chi connectivity index (χ4n) is 7.33. The highest BCUT2D eigenvalue weighted by Crippen LogP contribution is 2.48. The van der Waals surface area contributed by atoms with Gasteiger partial charge in [0.1, 0.15) is 17.7 Å². The number of halogens is 1. The number of fused-ring (bicyclic) bond motifs is 1. The molecule has 0 amide bonds. The zero-order valence-corrected chi connectivity index (χ0v) is 25.7. The number of benzene rings is 2. The fraction of sp³-hybridized carbons (Fsp3) is 0.500. The minimum atomic E-state index is -0.748. The molecule has 3 aliphatic rings. The van der Waals surface area contributed by atoms with Crippen LogP contribution in [-0.4, -0.2) is 40.2 Å². The van der Waals surface area contributed by atoms with Crippen LogP contribution in [0.5, 0.6) is 11.6 Å². The van der Waals surface area contributed by atoms with Crippen LogP contribution < -0.4 is 9.47 Å². The molecule has 1 saturated heterocycles. The van der Waals surface area contributed by atoms with Crippen molar-refractivity contribution in [1.82, 2.24) is 9.88 Å². The first-order valence-corrected chi connectivity index (χ1v) is 15.8. The van der Waals surface area contributed by atoms with E-state index in [2.05, 4.69) is 54.1 Å². The van der Waals surface area contributed by atoms with Gasteiger partial charge < -0.3 is 14.6 Å². The summed E-state index contributed by atoms with van der Waals surface area (Å²) in [6.45, 7) is 7.12. The van der Waals surface area contributed by atoms with Crippen molar-refractivity contribution in [2.24, 2.45) is 11.8 Å². The summed E-state index contributed by atoms with van der Waals surface area (Å²) >= 11 is 0. The smallest absolute Gasteiger partial charge is 0.306 e. The zero-order valence-electron chi connectivity index (χ0n) is 25.7. The van der Waals surface area contributed by atoms with E-state index < -0.39 is 11.9 Å². The first-order valence-electron chi connectivity index (χ1n) is 15.8. The third kappa shape index (κ3) is 6.14. The van der Waals surface area contributed by atoms with Gasteiger partial charge in [0.15, 0.2) is 0 Å². The second-order valence-corrected chi connectivity index (χ2v) is 12.9. The monoisotopic (exact) mass is 586 g/mol. The third-order valence-electron chi connectivity index (χ3n) is 10.0. The Hall–Kier alpha value is -3.45. The molecule has 1 saturated carbocycles.